The summed E-state index contributed by atoms with van der Waals surface area (Å²) in [5, 5.41) is 0. The van der Waals surface area contributed by atoms with Crippen molar-refractivity contribution in [1.82, 2.24) is 0 Å². The lowest BCUT2D eigenvalue weighted by Crippen LogP contribution is -2.37. The van der Waals surface area contributed by atoms with Crippen molar-refractivity contribution in [1.29, 1.82) is 0 Å². The van der Waals surface area contributed by atoms with E-state index >= 15 is 0 Å². The van der Waals surface area contributed by atoms with Crippen LogP contribution in [0.1, 0.15) is 13.8 Å². The van der Waals surface area contributed by atoms with Crippen molar-refractivity contribution in [2.75, 3.05) is 13.7 Å². The van der Waals surface area contributed by atoms with Crippen molar-refractivity contribution in [3.8, 4) is 17.2 Å². The summed E-state index contributed by atoms with van der Waals surface area (Å²) < 4.78 is 21.7. The SMILES string of the molecule is CCOC1(C)Oc2cccc(OC)c2O1. The zero-order valence-electron chi connectivity index (χ0n) is 9.07. The summed E-state index contributed by atoms with van der Waals surface area (Å²) in [5.41, 5.74) is 0. The molecule has 1 aromatic carbocycles. The van der Waals surface area contributed by atoms with Crippen LogP contribution >= 0.6 is 0 Å². The van der Waals surface area contributed by atoms with E-state index in [4.69, 9.17) is 18.9 Å². The van der Waals surface area contributed by atoms with Gasteiger partial charge in [0, 0.05) is 6.92 Å². The van der Waals surface area contributed by atoms with Gasteiger partial charge in [-0.15, -0.1) is 0 Å². The normalized spacial score (nSPS) is 22.9. The van der Waals surface area contributed by atoms with Crippen LogP contribution < -0.4 is 14.2 Å². The van der Waals surface area contributed by atoms with Gasteiger partial charge in [-0.05, 0) is 19.1 Å². The van der Waals surface area contributed by atoms with Crippen molar-refractivity contribution in [2.24, 2.45) is 0 Å². The second-order valence-corrected chi connectivity index (χ2v) is 3.29. The van der Waals surface area contributed by atoms with Crippen molar-refractivity contribution in [2.45, 2.75) is 19.8 Å². The van der Waals surface area contributed by atoms with Gasteiger partial charge < -0.3 is 18.9 Å². The molecule has 0 aromatic heterocycles. The average Bonchev–Trinajstić information content (AvgIpc) is 2.53. The first-order valence-electron chi connectivity index (χ1n) is 4.87. The first-order chi connectivity index (χ1) is 7.18. The molecule has 0 radical (unpaired) electrons. The van der Waals surface area contributed by atoms with Crippen LogP contribution in [0.4, 0.5) is 0 Å². The molecule has 4 heteroatoms. The number of methoxy groups -OCH3 is 1. The van der Waals surface area contributed by atoms with E-state index in [-0.39, 0.29) is 0 Å². The lowest BCUT2D eigenvalue weighted by Gasteiger charge is -2.21. The summed E-state index contributed by atoms with van der Waals surface area (Å²) in [6, 6.07) is 5.49. The molecule has 0 fully saturated rings. The van der Waals surface area contributed by atoms with E-state index in [2.05, 4.69) is 0 Å². The number of para-hydroxylation sites is 1. The van der Waals surface area contributed by atoms with Crippen molar-refractivity contribution < 1.29 is 18.9 Å². The van der Waals surface area contributed by atoms with Crippen molar-refractivity contribution >= 4 is 0 Å². The lowest BCUT2D eigenvalue weighted by molar-refractivity contribution is -0.266. The van der Waals surface area contributed by atoms with Gasteiger partial charge in [0.1, 0.15) is 0 Å². The Kier molecular flexibility index (Phi) is 2.44. The standard InChI is InChI=1S/C11H14O4/c1-4-13-11(2)14-9-7-5-6-8(12-3)10(9)15-11/h5-7H,4H2,1-3H3. The minimum absolute atomic E-state index is 0.521. The fourth-order valence-corrected chi connectivity index (χ4v) is 1.56. The smallest absolute Gasteiger partial charge is 0.369 e. The third-order valence-electron chi connectivity index (χ3n) is 2.15. The van der Waals surface area contributed by atoms with Crippen LogP contribution in [0.15, 0.2) is 18.2 Å². The molecule has 2 rings (SSSR count). The van der Waals surface area contributed by atoms with E-state index in [9.17, 15) is 0 Å². The van der Waals surface area contributed by atoms with Gasteiger partial charge in [0.15, 0.2) is 11.5 Å². The highest BCUT2D eigenvalue weighted by atomic mass is 16.9. The zero-order valence-corrected chi connectivity index (χ0v) is 9.07. The molecule has 1 unspecified atom stereocenters. The number of hydrogen-bond acceptors (Lipinski definition) is 4. The Bertz CT molecular complexity index is 364. The highest BCUT2D eigenvalue weighted by Crippen LogP contribution is 2.45. The van der Waals surface area contributed by atoms with Gasteiger partial charge in [-0.2, -0.15) is 0 Å². The number of ether oxygens (including phenoxy) is 4. The first-order valence-corrected chi connectivity index (χ1v) is 4.87. The highest BCUT2D eigenvalue weighted by Gasteiger charge is 2.39. The molecule has 1 aromatic rings. The molecule has 0 saturated heterocycles. The average molecular weight is 210 g/mol. The molecule has 0 amide bonds. The molecule has 82 valence electrons. The monoisotopic (exact) mass is 210 g/mol. The van der Waals surface area contributed by atoms with Crippen LogP contribution in [0.2, 0.25) is 0 Å². The fraction of sp³-hybridized carbons (Fsp3) is 0.455. The van der Waals surface area contributed by atoms with Crippen LogP contribution in [0, 0.1) is 0 Å². The summed E-state index contributed by atoms with van der Waals surface area (Å²) in [6.45, 7) is 4.14. The Labute approximate surface area is 88.7 Å². The molecular formula is C11H14O4. The first kappa shape index (κ1) is 10.1. The zero-order chi connectivity index (χ0) is 10.9. The Morgan fingerprint density at radius 1 is 1.33 bits per heavy atom. The molecule has 0 N–H and O–H groups in total. The summed E-state index contributed by atoms with van der Waals surface area (Å²) in [7, 11) is 1.59. The molecule has 0 spiro atoms. The molecule has 1 heterocycles. The van der Waals surface area contributed by atoms with Crippen LogP contribution in [0.5, 0.6) is 17.2 Å². The number of rotatable bonds is 3. The molecule has 15 heavy (non-hydrogen) atoms. The quantitative estimate of drug-likeness (QED) is 0.766. The minimum atomic E-state index is -1.04. The van der Waals surface area contributed by atoms with E-state index in [1.807, 2.05) is 25.1 Å². The maximum atomic E-state index is 5.59. The summed E-state index contributed by atoms with van der Waals surface area (Å²) in [5.74, 6) is 0.850. The molecule has 4 nitrogen and oxygen atoms in total. The van der Waals surface area contributed by atoms with Crippen LogP contribution in [0.3, 0.4) is 0 Å². The molecular weight excluding hydrogens is 196 g/mol. The van der Waals surface area contributed by atoms with Crippen LogP contribution in [-0.4, -0.2) is 19.7 Å². The van der Waals surface area contributed by atoms with E-state index < -0.39 is 5.97 Å². The van der Waals surface area contributed by atoms with E-state index in [0.717, 1.165) is 0 Å². The number of fused-ring (bicyclic) bond motifs is 1. The van der Waals surface area contributed by atoms with Gasteiger partial charge in [-0.3, -0.25) is 0 Å². The van der Waals surface area contributed by atoms with E-state index in [1.165, 1.54) is 0 Å². The van der Waals surface area contributed by atoms with E-state index in [1.54, 1.807) is 14.0 Å². The Morgan fingerprint density at radius 3 is 2.80 bits per heavy atom. The number of benzene rings is 1. The second-order valence-electron chi connectivity index (χ2n) is 3.29. The highest BCUT2D eigenvalue weighted by molar-refractivity contribution is 5.53. The van der Waals surface area contributed by atoms with Gasteiger partial charge in [-0.25, -0.2) is 0 Å². The summed E-state index contributed by atoms with van der Waals surface area (Å²) >= 11 is 0. The third-order valence-corrected chi connectivity index (χ3v) is 2.15. The topological polar surface area (TPSA) is 36.9 Å². The van der Waals surface area contributed by atoms with Gasteiger partial charge in [-0.1, -0.05) is 6.07 Å². The van der Waals surface area contributed by atoms with Gasteiger partial charge in [0.2, 0.25) is 5.75 Å². The predicted molar refractivity (Wildman–Crippen MR) is 54.3 cm³/mol. The fourth-order valence-electron chi connectivity index (χ4n) is 1.56. The van der Waals surface area contributed by atoms with E-state index in [0.29, 0.717) is 23.9 Å². The van der Waals surface area contributed by atoms with Crippen molar-refractivity contribution in [3.05, 3.63) is 18.2 Å². The predicted octanol–water partition coefficient (Wildman–Crippen LogP) is 2.18. The molecule has 1 aliphatic rings. The Hall–Kier alpha value is -1.42. The van der Waals surface area contributed by atoms with Crippen LogP contribution in [0.25, 0.3) is 0 Å². The molecule has 1 atom stereocenters. The van der Waals surface area contributed by atoms with Gasteiger partial charge in [0.05, 0.1) is 13.7 Å². The third kappa shape index (κ3) is 1.72. The van der Waals surface area contributed by atoms with Crippen molar-refractivity contribution in [3.63, 3.8) is 0 Å². The van der Waals surface area contributed by atoms with Gasteiger partial charge in [0.25, 0.3) is 0 Å². The maximum absolute atomic E-state index is 5.59. The molecule has 0 bridgehead atoms. The molecule has 0 aliphatic carbocycles. The molecule has 1 aliphatic heterocycles. The largest absolute Gasteiger partial charge is 0.493 e. The van der Waals surface area contributed by atoms with Crippen LogP contribution in [-0.2, 0) is 4.74 Å². The maximum Gasteiger partial charge on any atom is 0.369 e. The second kappa shape index (κ2) is 3.62. The summed E-state index contributed by atoms with van der Waals surface area (Å²) in [4.78, 5) is 0. The Balaban J connectivity index is 2.30. The minimum Gasteiger partial charge on any atom is -0.493 e. The molecule has 0 saturated carbocycles. The summed E-state index contributed by atoms with van der Waals surface area (Å²) in [6.07, 6.45) is 0. The van der Waals surface area contributed by atoms with Gasteiger partial charge >= 0.3 is 5.97 Å². The lowest BCUT2D eigenvalue weighted by atomic mass is 10.3. The Morgan fingerprint density at radius 2 is 2.13 bits per heavy atom. The number of hydrogen-bond donors (Lipinski definition) is 0.